The quantitative estimate of drug-likeness (QED) is 0.745. The van der Waals surface area contributed by atoms with Gasteiger partial charge in [-0.3, -0.25) is 4.90 Å². The van der Waals surface area contributed by atoms with Crippen LogP contribution in [0.2, 0.25) is 0 Å². The zero-order valence-electron chi connectivity index (χ0n) is 19.3. The number of aromatic nitrogens is 2. The van der Waals surface area contributed by atoms with E-state index in [0.29, 0.717) is 6.04 Å². The zero-order chi connectivity index (χ0) is 21.5. The summed E-state index contributed by atoms with van der Waals surface area (Å²) in [6.45, 7) is 5.02. The molecule has 6 nitrogen and oxygen atoms in total. The maximum atomic E-state index is 4.96. The molecule has 0 unspecified atom stereocenters. The second kappa shape index (κ2) is 10.8. The van der Waals surface area contributed by atoms with Crippen molar-refractivity contribution in [1.29, 1.82) is 0 Å². The summed E-state index contributed by atoms with van der Waals surface area (Å²) in [5.41, 5.74) is 1.38. The van der Waals surface area contributed by atoms with Crippen molar-refractivity contribution in [3.8, 4) is 0 Å². The lowest BCUT2D eigenvalue weighted by molar-refractivity contribution is 0.248. The number of anilines is 3. The molecule has 1 N–H and O–H groups in total. The van der Waals surface area contributed by atoms with Gasteiger partial charge in [-0.1, -0.05) is 62.4 Å². The van der Waals surface area contributed by atoms with Crippen LogP contribution in [0.15, 0.2) is 36.4 Å². The third-order valence-corrected chi connectivity index (χ3v) is 6.52. The van der Waals surface area contributed by atoms with E-state index in [0.717, 1.165) is 50.3 Å². The van der Waals surface area contributed by atoms with Gasteiger partial charge in [0.1, 0.15) is 11.6 Å². The highest BCUT2D eigenvalue weighted by Gasteiger charge is 2.21. The van der Waals surface area contributed by atoms with Crippen LogP contribution in [0.3, 0.4) is 0 Å². The molecule has 0 spiro atoms. The monoisotopic (exact) mass is 422 g/mol. The Bertz CT molecular complexity index is 793. The summed E-state index contributed by atoms with van der Waals surface area (Å²) >= 11 is 0. The Hall–Kier alpha value is -2.34. The SMILES string of the molecule is CN(C)c1cc(NC2CCCCCCC2)nc(N2CCN(Cc3ccccc3)CC2)n1. The van der Waals surface area contributed by atoms with Crippen LogP contribution >= 0.6 is 0 Å². The average Bonchev–Trinajstić information content (AvgIpc) is 2.76. The van der Waals surface area contributed by atoms with Crippen LogP contribution in [0.5, 0.6) is 0 Å². The van der Waals surface area contributed by atoms with E-state index < -0.39 is 0 Å². The number of rotatable bonds is 6. The normalized spacial score (nSPS) is 19.0. The molecule has 0 radical (unpaired) electrons. The van der Waals surface area contributed by atoms with Gasteiger partial charge in [0.15, 0.2) is 0 Å². The van der Waals surface area contributed by atoms with E-state index in [9.17, 15) is 0 Å². The van der Waals surface area contributed by atoms with Crippen LogP contribution < -0.4 is 15.1 Å². The van der Waals surface area contributed by atoms with Gasteiger partial charge >= 0.3 is 0 Å². The Balaban J connectivity index is 1.41. The molecule has 0 atom stereocenters. The fourth-order valence-electron chi connectivity index (χ4n) is 4.62. The van der Waals surface area contributed by atoms with Crippen LogP contribution in [-0.4, -0.2) is 61.2 Å². The topological polar surface area (TPSA) is 47.5 Å². The number of nitrogens with zero attached hydrogens (tertiary/aromatic N) is 5. The summed E-state index contributed by atoms with van der Waals surface area (Å²) in [5.74, 6) is 2.81. The van der Waals surface area contributed by atoms with Crippen molar-refractivity contribution >= 4 is 17.6 Å². The van der Waals surface area contributed by atoms with Crippen LogP contribution in [0, 0.1) is 0 Å². The molecule has 1 aromatic carbocycles. The smallest absolute Gasteiger partial charge is 0.229 e. The van der Waals surface area contributed by atoms with E-state index in [1.54, 1.807) is 0 Å². The van der Waals surface area contributed by atoms with Gasteiger partial charge in [-0.15, -0.1) is 0 Å². The summed E-state index contributed by atoms with van der Waals surface area (Å²) in [6, 6.07) is 13.4. The van der Waals surface area contributed by atoms with E-state index >= 15 is 0 Å². The predicted octanol–water partition coefficient (Wildman–Crippen LogP) is 4.39. The van der Waals surface area contributed by atoms with Gasteiger partial charge in [0.05, 0.1) is 0 Å². The molecule has 2 fully saturated rings. The van der Waals surface area contributed by atoms with Crippen molar-refractivity contribution in [3.05, 3.63) is 42.0 Å². The van der Waals surface area contributed by atoms with Crippen LogP contribution in [0.1, 0.15) is 50.5 Å². The first kappa shape index (κ1) is 21.9. The van der Waals surface area contributed by atoms with Crippen molar-refractivity contribution in [2.24, 2.45) is 0 Å². The number of benzene rings is 1. The van der Waals surface area contributed by atoms with Gasteiger partial charge in [0, 0.05) is 58.9 Å². The number of nitrogens with one attached hydrogen (secondary N) is 1. The lowest BCUT2D eigenvalue weighted by Gasteiger charge is -2.35. The minimum atomic E-state index is 0.529. The highest BCUT2D eigenvalue weighted by Crippen LogP contribution is 2.24. The van der Waals surface area contributed by atoms with Gasteiger partial charge in [-0.2, -0.15) is 9.97 Å². The van der Waals surface area contributed by atoms with Crippen molar-refractivity contribution in [2.45, 2.75) is 57.5 Å². The van der Waals surface area contributed by atoms with Gasteiger partial charge in [0.25, 0.3) is 0 Å². The first-order valence-corrected chi connectivity index (χ1v) is 12.0. The molecule has 4 rings (SSSR count). The molecule has 1 aliphatic carbocycles. The van der Waals surface area contributed by atoms with Crippen LogP contribution in [0.25, 0.3) is 0 Å². The van der Waals surface area contributed by atoms with E-state index in [1.165, 1.54) is 50.5 Å². The lowest BCUT2D eigenvalue weighted by atomic mass is 9.97. The van der Waals surface area contributed by atoms with Crippen molar-refractivity contribution in [2.75, 3.05) is 55.4 Å². The molecule has 6 heteroatoms. The molecule has 1 saturated carbocycles. The van der Waals surface area contributed by atoms with Crippen LogP contribution in [-0.2, 0) is 6.54 Å². The van der Waals surface area contributed by atoms with Crippen molar-refractivity contribution in [1.82, 2.24) is 14.9 Å². The molecule has 1 aromatic heterocycles. The molecular formula is C25H38N6. The second-order valence-electron chi connectivity index (χ2n) is 9.24. The van der Waals surface area contributed by atoms with Gasteiger partial charge in [0.2, 0.25) is 5.95 Å². The first-order chi connectivity index (χ1) is 15.2. The summed E-state index contributed by atoms with van der Waals surface area (Å²) in [7, 11) is 4.12. The largest absolute Gasteiger partial charge is 0.367 e. The molecule has 2 heterocycles. The average molecular weight is 423 g/mol. The molecule has 0 amide bonds. The fourth-order valence-corrected chi connectivity index (χ4v) is 4.62. The fraction of sp³-hybridized carbons (Fsp3) is 0.600. The highest BCUT2D eigenvalue weighted by molar-refractivity contribution is 5.54. The zero-order valence-corrected chi connectivity index (χ0v) is 19.3. The Morgan fingerprint density at radius 2 is 1.58 bits per heavy atom. The second-order valence-corrected chi connectivity index (χ2v) is 9.24. The summed E-state index contributed by atoms with van der Waals surface area (Å²) < 4.78 is 0. The minimum Gasteiger partial charge on any atom is -0.367 e. The molecule has 168 valence electrons. The number of hydrogen-bond acceptors (Lipinski definition) is 6. The van der Waals surface area contributed by atoms with Crippen molar-refractivity contribution < 1.29 is 0 Å². The minimum absolute atomic E-state index is 0.529. The molecular weight excluding hydrogens is 384 g/mol. The first-order valence-electron chi connectivity index (χ1n) is 12.0. The lowest BCUT2D eigenvalue weighted by Crippen LogP contribution is -2.46. The van der Waals surface area contributed by atoms with Gasteiger partial charge < -0.3 is 15.1 Å². The Morgan fingerprint density at radius 3 is 2.26 bits per heavy atom. The maximum absolute atomic E-state index is 4.96. The summed E-state index contributed by atoms with van der Waals surface area (Å²) in [6.07, 6.45) is 9.25. The molecule has 0 bridgehead atoms. The molecule has 2 aliphatic rings. The van der Waals surface area contributed by atoms with Crippen molar-refractivity contribution in [3.63, 3.8) is 0 Å². The Labute approximate surface area is 187 Å². The Kier molecular flexibility index (Phi) is 7.62. The Morgan fingerprint density at radius 1 is 0.903 bits per heavy atom. The third-order valence-electron chi connectivity index (χ3n) is 6.52. The molecule has 1 saturated heterocycles. The van der Waals surface area contributed by atoms with Crippen LogP contribution in [0.4, 0.5) is 17.6 Å². The van der Waals surface area contributed by atoms with E-state index in [4.69, 9.17) is 9.97 Å². The number of piperazine rings is 1. The molecule has 31 heavy (non-hydrogen) atoms. The highest BCUT2D eigenvalue weighted by atomic mass is 15.3. The third kappa shape index (κ3) is 6.33. The molecule has 1 aliphatic heterocycles. The predicted molar refractivity (Wildman–Crippen MR) is 130 cm³/mol. The van der Waals surface area contributed by atoms with E-state index in [-0.39, 0.29) is 0 Å². The number of hydrogen-bond donors (Lipinski definition) is 1. The van der Waals surface area contributed by atoms with Gasteiger partial charge in [-0.05, 0) is 18.4 Å². The summed E-state index contributed by atoms with van der Waals surface area (Å²) in [5, 5.41) is 3.75. The van der Waals surface area contributed by atoms with Gasteiger partial charge in [-0.25, -0.2) is 0 Å². The standard InChI is InChI=1S/C25H38N6/c1-29(2)24-19-23(26-22-13-9-4-3-5-10-14-22)27-25(28-24)31-17-15-30(16-18-31)20-21-11-7-6-8-12-21/h6-8,11-12,19,22H,3-5,9-10,13-18,20H2,1-2H3,(H,26,27,28). The van der Waals surface area contributed by atoms with E-state index in [2.05, 4.69) is 70.5 Å². The molecule has 2 aromatic rings. The van der Waals surface area contributed by atoms with E-state index in [1.807, 2.05) is 0 Å². The maximum Gasteiger partial charge on any atom is 0.229 e. The summed E-state index contributed by atoms with van der Waals surface area (Å²) in [4.78, 5) is 16.8.